The van der Waals surface area contributed by atoms with Gasteiger partial charge in [0.25, 0.3) is 0 Å². The van der Waals surface area contributed by atoms with Crippen LogP contribution in [0.4, 0.5) is 5.69 Å². The van der Waals surface area contributed by atoms with Gasteiger partial charge in [-0.2, -0.15) is 0 Å². The van der Waals surface area contributed by atoms with Gasteiger partial charge in [-0.25, -0.2) is 0 Å². The third kappa shape index (κ3) is 3.70. The normalized spacial score (nSPS) is 14.7. The number of rotatable bonds is 5. The van der Waals surface area contributed by atoms with Crippen LogP contribution < -0.4 is 11.1 Å². The van der Waals surface area contributed by atoms with Crippen LogP contribution in [-0.4, -0.2) is 25.8 Å². The van der Waals surface area contributed by atoms with Crippen molar-refractivity contribution in [2.75, 3.05) is 25.6 Å². The van der Waals surface area contributed by atoms with Crippen molar-refractivity contribution in [3.63, 3.8) is 0 Å². The van der Waals surface area contributed by atoms with E-state index < -0.39 is 0 Å². The summed E-state index contributed by atoms with van der Waals surface area (Å²) in [7, 11) is 1.66. The molecule has 0 saturated carbocycles. The van der Waals surface area contributed by atoms with Gasteiger partial charge in [0.2, 0.25) is 0 Å². The second kappa shape index (κ2) is 5.35. The van der Waals surface area contributed by atoms with Gasteiger partial charge >= 0.3 is 0 Å². The zero-order valence-corrected chi connectivity index (χ0v) is 9.84. The first kappa shape index (κ1) is 12.3. The topological polar surface area (TPSA) is 47.3 Å². The summed E-state index contributed by atoms with van der Waals surface area (Å²) in [6, 6.07) is 7.53. The fraction of sp³-hybridized carbons (Fsp3) is 0.455. The molecule has 0 aliphatic heterocycles. The van der Waals surface area contributed by atoms with Crippen molar-refractivity contribution in [1.82, 2.24) is 0 Å². The van der Waals surface area contributed by atoms with E-state index in [1.54, 1.807) is 7.11 Å². The Morgan fingerprint density at radius 1 is 1.40 bits per heavy atom. The maximum Gasteiger partial charge on any atom is 0.0702 e. The summed E-state index contributed by atoms with van der Waals surface area (Å²) in [4.78, 5) is 0. The average molecular weight is 229 g/mol. The van der Waals surface area contributed by atoms with Crippen LogP contribution in [-0.2, 0) is 4.74 Å². The molecular weight excluding hydrogens is 212 g/mol. The zero-order chi connectivity index (χ0) is 11.3. The summed E-state index contributed by atoms with van der Waals surface area (Å²) in [5.41, 5.74) is 6.45. The number of hydrogen-bond donors (Lipinski definition) is 2. The molecule has 0 fully saturated rings. The van der Waals surface area contributed by atoms with Crippen molar-refractivity contribution < 1.29 is 4.74 Å². The third-order valence-electron chi connectivity index (χ3n) is 2.20. The maximum absolute atomic E-state index is 5.80. The number of hydrogen-bond acceptors (Lipinski definition) is 3. The van der Waals surface area contributed by atoms with Gasteiger partial charge in [0.1, 0.15) is 0 Å². The highest BCUT2D eigenvalue weighted by Crippen LogP contribution is 2.17. The Morgan fingerprint density at radius 3 is 2.47 bits per heavy atom. The minimum absolute atomic E-state index is 0.247. The Balaban J connectivity index is 2.70. The highest BCUT2D eigenvalue weighted by Gasteiger charge is 2.21. The van der Waals surface area contributed by atoms with E-state index in [0.717, 1.165) is 10.7 Å². The van der Waals surface area contributed by atoms with Crippen LogP contribution in [0, 0.1) is 0 Å². The molecule has 15 heavy (non-hydrogen) atoms. The van der Waals surface area contributed by atoms with Crippen LogP contribution in [0.1, 0.15) is 6.92 Å². The van der Waals surface area contributed by atoms with Gasteiger partial charge in [-0.05, 0) is 31.2 Å². The molecule has 0 heterocycles. The van der Waals surface area contributed by atoms with E-state index in [0.29, 0.717) is 13.2 Å². The van der Waals surface area contributed by atoms with Crippen LogP contribution in [0.2, 0.25) is 5.02 Å². The lowest BCUT2D eigenvalue weighted by molar-refractivity contribution is 0.153. The van der Waals surface area contributed by atoms with Crippen LogP contribution in [0.15, 0.2) is 24.3 Å². The Bertz CT molecular complexity index is 302. The molecule has 3 N–H and O–H groups in total. The molecular formula is C11H17ClN2O. The van der Waals surface area contributed by atoms with Crippen molar-refractivity contribution in [1.29, 1.82) is 0 Å². The van der Waals surface area contributed by atoms with Gasteiger partial charge in [0, 0.05) is 24.4 Å². The zero-order valence-electron chi connectivity index (χ0n) is 9.09. The second-order valence-electron chi connectivity index (χ2n) is 3.83. The van der Waals surface area contributed by atoms with E-state index in [9.17, 15) is 0 Å². The average Bonchev–Trinajstić information content (AvgIpc) is 2.22. The molecule has 0 saturated heterocycles. The van der Waals surface area contributed by atoms with E-state index in [-0.39, 0.29) is 5.54 Å². The number of ether oxygens (including phenoxy) is 1. The number of nitrogens with two attached hydrogens (primary N) is 1. The Morgan fingerprint density at radius 2 is 2.00 bits per heavy atom. The van der Waals surface area contributed by atoms with Crippen molar-refractivity contribution in [2.45, 2.75) is 12.5 Å². The Hall–Kier alpha value is -0.770. The predicted molar refractivity (Wildman–Crippen MR) is 64.4 cm³/mol. The van der Waals surface area contributed by atoms with Crippen LogP contribution >= 0.6 is 11.6 Å². The smallest absolute Gasteiger partial charge is 0.0702 e. The van der Waals surface area contributed by atoms with Gasteiger partial charge < -0.3 is 15.8 Å². The lowest BCUT2D eigenvalue weighted by Crippen LogP contribution is -2.46. The van der Waals surface area contributed by atoms with Gasteiger partial charge in [-0.15, -0.1) is 0 Å². The van der Waals surface area contributed by atoms with E-state index in [2.05, 4.69) is 5.32 Å². The fourth-order valence-electron chi connectivity index (χ4n) is 1.35. The molecule has 0 bridgehead atoms. The van der Waals surface area contributed by atoms with Crippen molar-refractivity contribution >= 4 is 17.3 Å². The first-order valence-corrected chi connectivity index (χ1v) is 5.20. The molecule has 0 amide bonds. The Kier molecular flexibility index (Phi) is 4.39. The molecule has 3 nitrogen and oxygen atoms in total. The van der Waals surface area contributed by atoms with Gasteiger partial charge in [0.15, 0.2) is 0 Å². The maximum atomic E-state index is 5.80. The minimum Gasteiger partial charge on any atom is -0.382 e. The van der Waals surface area contributed by atoms with Crippen molar-refractivity contribution in [3.8, 4) is 0 Å². The first-order chi connectivity index (χ1) is 7.09. The lowest BCUT2D eigenvalue weighted by Gasteiger charge is -2.29. The molecule has 1 atom stereocenters. The lowest BCUT2D eigenvalue weighted by atomic mass is 10.0. The molecule has 0 aromatic heterocycles. The molecule has 84 valence electrons. The SMILES string of the molecule is COCC(C)(CN)Nc1ccc(Cl)cc1. The molecule has 0 aliphatic carbocycles. The molecule has 4 heteroatoms. The van der Waals surface area contributed by atoms with E-state index in [4.69, 9.17) is 22.1 Å². The fourth-order valence-corrected chi connectivity index (χ4v) is 1.47. The van der Waals surface area contributed by atoms with Crippen LogP contribution in [0.25, 0.3) is 0 Å². The number of benzene rings is 1. The minimum atomic E-state index is -0.247. The molecule has 1 aromatic carbocycles. The molecule has 0 aliphatic rings. The van der Waals surface area contributed by atoms with Gasteiger partial charge in [0.05, 0.1) is 12.1 Å². The van der Waals surface area contributed by atoms with Gasteiger partial charge in [-0.3, -0.25) is 0 Å². The summed E-state index contributed by atoms with van der Waals surface area (Å²) in [5.74, 6) is 0. The number of nitrogens with one attached hydrogen (secondary N) is 1. The van der Waals surface area contributed by atoms with Crippen molar-refractivity contribution in [3.05, 3.63) is 29.3 Å². The predicted octanol–water partition coefficient (Wildman–Crippen LogP) is 2.12. The molecule has 1 rings (SSSR count). The Labute approximate surface area is 95.6 Å². The molecule has 0 spiro atoms. The highest BCUT2D eigenvalue weighted by atomic mass is 35.5. The summed E-state index contributed by atoms with van der Waals surface area (Å²) >= 11 is 5.80. The monoisotopic (exact) mass is 228 g/mol. The number of methoxy groups -OCH3 is 1. The molecule has 1 unspecified atom stereocenters. The largest absolute Gasteiger partial charge is 0.382 e. The van der Waals surface area contributed by atoms with E-state index in [1.807, 2.05) is 31.2 Å². The van der Waals surface area contributed by atoms with Crippen molar-refractivity contribution in [2.24, 2.45) is 5.73 Å². The highest BCUT2D eigenvalue weighted by molar-refractivity contribution is 6.30. The summed E-state index contributed by atoms with van der Waals surface area (Å²) in [5, 5.41) is 4.05. The molecule has 0 radical (unpaired) electrons. The first-order valence-electron chi connectivity index (χ1n) is 4.82. The van der Waals surface area contributed by atoms with Gasteiger partial charge in [-0.1, -0.05) is 11.6 Å². The van der Waals surface area contributed by atoms with E-state index >= 15 is 0 Å². The van der Waals surface area contributed by atoms with E-state index in [1.165, 1.54) is 0 Å². The number of halogens is 1. The quantitative estimate of drug-likeness (QED) is 0.812. The standard InChI is InChI=1S/C11H17ClN2O/c1-11(7-13,8-15-2)14-10-5-3-9(12)4-6-10/h3-6,14H,7-8,13H2,1-2H3. The van der Waals surface area contributed by atoms with Crippen LogP contribution in [0.3, 0.4) is 0 Å². The summed E-state index contributed by atoms with van der Waals surface area (Å²) in [6.07, 6.45) is 0. The number of anilines is 1. The summed E-state index contributed by atoms with van der Waals surface area (Å²) < 4.78 is 5.13. The van der Waals surface area contributed by atoms with Crippen LogP contribution in [0.5, 0.6) is 0 Å². The summed E-state index contributed by atoms with van der Waals surface area (Å²) in [6.45, 7) is 3.08. The third-order valence-corrected chi connectivity index (χ3v) is 2.46. The second-order valence-corrected chi connectivity index (χ2v) is 4.27. The molecule has 1 aromatic rings.